The molecule has 0 aromatic carbocycles. The Balaban J connectivity index is 2.04. The van der Waals surface area contributed by atoms with Crippen molar-refractivity contribution >= 4 is 15.8 Å². The largest absolute Gasteiger partial charge is 0.266 e. The number of nitrogens with one attached hydrogen (secondary N) is 1. The van der Waals surface area contributed by atoms with Crippen LogP contribution < -0.4 is 4.72 Å². The van der Waals surface area contributed by atoms with Crippen molar-refractivity contribution in [2.45, 2.75) is 52.5 Å². The lowest BCUT2D eigenvalue weighted by Crippen LogP contribution is -2.18. The van der Waals surface area contributed by atoms with Crippen molar-refractivity contribution in [3.63, 3.8) is 0 Å². The molecule has 3 aromatic heterocycles. The third-order valence-corrected chi connectivity index (χ3v) is 5.69. The van der Waals surface area contributed by atoms with Crippen LogP contribution in [0.3, 0.4) is 0 Å². The lowest BCUT2D eigenvalue weighted by molar-refractivity contribution is 0.514. The van der Waals surface area contributed by atoms with Crippen LogP contribution in [0.2, 0.25) is 0 Å². The average molecular weight is 389 g/mol. The zero-order valence-electron chi connectivity index (χ0n) is 16.2. The van der Waals surface area contributed by atoms with Gasteiger partial charge >= 0.3 is 0 Å². The quantitative estimate of drug-likeness (QED) is 0.718. The highest BCUT2D eigenvalue weighted by Gasteiger charge is 2.27. The van der Waals surface area contributed by atoms with E-state index in [0.29, 0.717) is 28.7 Å². The summed E-state index contributed by atoms with van der Waals surface area (Å²) < 4.78 is 31.9. The van der Waals surface area contributed by atoms with Gasteiger partial charge in [-0.25, -0.2) is 8.42 Å². The van der Waals surface area contributed by atoms with E-state index in [0.717, 1.165) is 5.69 Å². The highest BCUT2D eigenvalue weighted by molar-refractivity contribution is 7.92. The molecule has 0 radical (unpaired) electrons. The summed E-state index contributed by atoms with van der Waals surface area (Å²) in [7, 11) is -3.86. The summed E-state index contributed by atoms with van der Waals surface area (Å²) in [6.45, 7) is 11.0. The standard InChI is InChI=1S/C17H23N7O2S/c1-10(2)23-14(6)17(13(5)21-23)27(25,26)22-16-9-12(4)20-24(16)15-8-7-11(3)18-19-15/h7-10,22H,1-6H3. The monoisotopic (exact) mass is 389 g/mol. The number of hydrogen-bond acceptors (Lipinski definition) is 6. The maximum Gasteiger partial charge on any atom is 0.266 e. The van der Waals surface area contributed by atoms with Crippen LogP contribution in [0.1, 0.15) is 42.7 Å². The molecular formula is C17H23N7O2S. The van der Waals surface area contributed by atoms with Crippen LogP contribution in [0.4, 0.5) is 5.82 Å². The van der Waals surface area contributed by atoms with E-state index in [1.54, 1.807) is 43.7 Å². The molecule has 10 heteroatoms. The Morgan fingerprint density at radius 2 is 1.70 bits per heavy atom. The van der Waals surface area contributed by atoms with Crippen molar-refractivity contribution in [1.29, 1.82) is 0 Å². The Kier molecular flexibility index (Phi) is 4.77. The van der Waals surface area contributed by atoms with Crippen LogP contribution in [0.5, 0.6) is 0 Å². The highest BCUT2D eigenvalue weighted by Crippen LogP contribution is 2.25. The van der Waals surface area contributed by atoms with Crippen molar-refractivity contribution < 1.29 is 8.42 Å². The molecule has 1 N–H and O–H groups in total. The lowest BCUT2D eigenvalue weighted by Gasteiger charge is -2.11. The maximum absolute atomic E-state index is 13.1. The second-order valence-corrected chi connectivity index (χ2v) is 8.38. The Morgan fingerprint density at radius 3 is 2.26 bits per heavy atom. The smallest absolute Gasteiger partial charge is 0.266 e. The Labute approximate surface area is 158 Å². The second-order valence-electron chi connectivity index (χ2n) is 6.76. The molecule has 0 unspecified atom stereocenters. The van der Waals surface area contributed by atoms with E-state index in [2.05, 4.69) is 25.1 Å². The van der Waals surface area contributed by atoms with Gasteiger partial charge < -0.3 is 0 Å². The minimum absolute atomic E-state index is 0.0586. The first-order chi connectivity index (χ1) is 12.6. The number of sulfonamides is 1. The summed E-state index contributed by atoms with van der Waals surface area (Å²) in [5.74, 6) is 0.722. The molecule has 0 saturated carbocycles. The van der Waals surface area contributed by atoms with Crippen molar-refractivity contribution in [3.05, 3.63) is 41.0 Å². The fourth-order valence-electron chi connectivity index (χ4n) is 2.98. The van der Waals surface area contributed by atoms with Gasteiger partial charge in [0, 0.05) is 12.1 Å². The number of rotatable bonds is 5. The van der Waals surface area contributed by atoms with E-state index < -0.39 is 10.0 Å². The molecule has 0 saturated heterocycles. The lowest BCUT2D eigenvalue weighted by atomic mass is 10.3. The predicted octanol–water partition coefficient (Wildman–Crippen LogP) is 2.47. The van der Waals surface area contributed by atoms with Gasteiger partial charge in [-0.1, -0.05) is 0 Å². The van der Waals surface area contributed by atoms with Gasteiger partial charge in [-0.3, -0.25) is 9.40 Å². The number of anilines is 1. The van der Waals surface area contributed by atoms with Crippen LogP contribution in [0.15, 0.2) is 23.1 Å². The van der Waals surface area contributed by atoms with E-state index in [9.17, 15) is 8.42 Å². The Bertz CT molecular complexity index is 1080. The Hall–Kier alpha value is -2.75. The molecule has 3 rings (SSSR count). The van der Waals surface area contributed by atoms with Gasteiger partial charge in [0.2, 0.25) is 0 Å². The normalized spacial score (nSPS) is 12.0. The second kappa shape index (κ2) is 6.76. The molecule has 0 fully saturated rings. The number of aryl methyl sites for hydroxylation is 3. The molecule has 0 bridgehead atoms. The van der Waals surface area contributed by atoms with E-state index in [1.165, 1.54) is 4.68 Å². The topological polar surface area (TPSA) is 108 Å². The van der Waals surface area contributed by atoms with Crippen LogP contribution >= 0.6 is 0 Å². The summed E-state index contributed by atoms with van der Waals surface area (Å²) in [6.07, 6.45) is 0. The van der Waals surface area contributed by atoms with Crippen molar-refractivity contribution in [2.24, 2.45) is 0 Å². The van der Waals surface area contributed by atoms with Gasteiger partial charge in [0.25, 0.3) is 10.0 Å². The number of aromatic nitrogens is 6. The molecule has 0 spiro atoms. The zero-order valence-corrected chi connectivity index (χ0v) is 17.0. The first kappa shape index (κ1) is 19.0. The Morgan fingerprint density at radius 1 is 1.00 bits per heavy atom. The average Bonchev–Trinajstić information content (AvgIpc) is 3.07. The number of hydrogen-bond donors (Lipinski definition) is 1. The van der Waals surface area contributed by atoms with Crippen LogP contribution in [-0.2, 0) is 10.0 Å². The molecule has 0 atom stereocenters. The molecule has 3 aromatic rings. The van der Waals surface area contributed by atoms with Gasteiger partial charge in [-0.15, -0.1) is 5.10 Å². The highest BCUT2D eigenvalue weighted by atomic mass is 32.2. The van der Waals surface area contributed by atoms with Gasteiger partial charge in [0.15, 0.2) is 5.82 Å². The van der Waals surface area contributed by atoms with E-state index in [-0.39, 0.29) is 10.9 Å². The molecule has 27 heavy (non-hydrogen) atoms. The summed E-state index contributed by atoms with van der Waals surface area (Å²) >= 11 is 0. The molecule has 0 aliphatic carbocycles. The SMILES string of the molecule is Cc1ccc(-n2nc(C)cc2NS(=O)(=O)c2c(C)nn(C(C)C)c2C)nn1. The molecule has 0 aliphatic rings. The molecule has 3 heterocycles. The van der Waals surface area contributed by atoms with Crippen molar-refractivity contribution in [2.75, 3.05) is 4.72 Å². The third kappa shape index (κ3) is 3.57. The third-order valence-electron chi connectivity index (χ3n) is 4.09. The molecule has 0 amide bonds. The van der Waals surface area contributed by atoms with E-state index >= 15 is 0 Å². The minimum Gasteiger partial charge on any atom is -0.266 e. The molecule has 9 nitrogen and oxygen atoms in total. The minimum atomic E-state index is -3.86. The van der Waals surface area contributed by atoms with Gasteiger partial charge in [0.05, 0.1) is 22.8 Å². The van der Waals surface area contributed by atoms with Crippen molar-refractivity contribution in [1.82, 2.24) is 29.8 Å². The zero-order chi connectivity index (χ0) is 19.9. The van der Waals surface area contributed by atoms with Crippen LogP contribution in [0.25, 0.3) is 5.82 Å². The molecule has 144 valence electrons. The number of nitrogens with zero attached hydrogens (tertiary/aromatic N) is 6. The summed E-state index contributed by atoms with van der Waals surface area (Å²) in [5, 5.41) is 16.8. The summed E-state index contributed by atoms with van der Waals surface area (Å²) in [5.41, 5.74) is 2.46. The first-order valence-corrected chi connectivity index (χ1v) is 10.0. The fraction of sp³-hybridized carbons (Fsp3) is 0.412. The van der Waals surface area contributed by atoms with E-state index in [1.807, 2.05) is 20.8 Å². The summed E-state index contributed by atoms with van der Waals surface area (Å²) in [6, 6.07) is 5.23. The van der Waals surface area contributed by atoms with Gasteiger partial charge in [0.1, 0.15) is 10.7 Å². The maximum atomic E-state index is 13.1. The van der Waals surface area contributed by atoms with E-state index in [4.69, 9.17) is 0 Å². The van der Waals surface area contributed by atoms with Crippen LogP contribution in [-0.4, -0.2) is 38.2 Å². The molecular weight excluding hydrogens is 366 g/mol. The van der Waals surface area contributed by atoms with Gasteiger partial charge in [-0.2, -0.15) is 20.0 Å². The van der Waals surface area contributed by atoms with Crippen LogP contribution in [0, 0.1) is 27.7 Å². The van der Waals surface area contributed by atoms with Gasteiger partial charge in [-0.05, 0) is 53.7 Å². The predicted molar refractivity (Wildman–Crippen MR) is 102 cm³/mol. The summed E-state index contributed by atoms with van der Waals surface area (Å²) in [4.78, 5) is 0.177. The van der Waals surface area contributed by atoms with Crippen molar-refractivity contribution in [3.8, 4) is 5.82 Å². The fourth-order valence-corrected chi connectivity index (χ4v) is 4.41. The molecule has 0 aliphatic heterocycles. The first-order valence-electron chi connectivity index (χ1n) is 8.56.